The van der Waals surface area contributed by atoms with Gasteiger partial charge in [-0.3, -0.25) is 0 Å². The van der Waals surface area contributed by atoms with E-state index in [0.717, 1.165) is 11.6 Å². The standard InChI is InChI=1S/C20H17Cl2N3O6S/c21-15-11-16(22)17(32(27,28)25-6-8-29-9-7-25)10-14(15)20(26)30-12-18-23-19(24-31-18)13-4-2-1-3-5-13/h1-5,10-11H,6-9,12H2. The van der Waals surface area contributed by atoms with Crippen molar-refractivity contribution in [1.29, 1.82) is 0 Å². The molecular formula is C20H17Cl2N3O6S. The number of esters is 1. The van der Waals surface area contributed by atoms with Gasteiger partial charge in [-0.25, -0.2) is 13.2 Å². The first-order valence-electron chi connectivity index (χ1n) is 9.48. The maximum atomic E-state index is 13.0. The van der Waals surface area contributed by atoms with Crippen LogP contribution in [0, 0.1) is 0 Å². The lowest BCUT2D eigenvalue weighted by Crippen LogP contribution is -2.40. The molecule has 1 fully saturated rings. The molecule has 168 valence electrons. The van der Waals surface area contributed by atoms with E-state index in [9.17, 15) is 13.2 Å². The summed E-state index contributed by atoms with van der Waals surface area (Å²) in [7, 11) is -3.95. The molecule has 2 heterocycles. The van der Waals surface area contributed by atoms with Crippen molar-refractivity contribution < 1.29 is 27.2 Å². The number of aromatic nitrogens is 2. The fourth-order valence-corrected chi connectivity index (χ4v) is 5.27. The number of benzene rings is 2. The third kappa shape index (κ3) is 4.79. The van der Waals surface area contributed by atoms with Crippen molar-refractivity contribution in [1.82, 2.24) is 14.4 Å². The summed E-state index contributed by atoms with van der Waals surface area (Å²) >= 11 is 12.3. The smallest absolute Gasteiger partial charge is 0.340 e. The Hall–Kier alpha value is -2.50. The molecule has 1 saturated heterocycles. The van der Waals surface area contributed by atoms with Crippen LogP contribution in [0.25, 0.3) is 11.4 Å². The monoisotopic (exact) mass is 497 g/mol. The molecule has 0 aliphatic carbocycles. The highest BCUT2D eigenvalue weighted by molar-refractivity contribution is 7.89. The first-order chi connectivity index (χ1) is 15.4. The number of halogens is 2. The second-order valence-corrected chi connectivity index (χ2v) is 9.45. The number of nitrogens with zero attached hydrogens (tertiary/aromatic N) is 3. The van der Waals surface area contributed by atoms with E-state index in [1.165, 1.54) is 10.4 Å². The van der Waals surface area contributed by atoms with Gasteiger partial charge in [-0.1, -0.05) is 58.7 Å². The van der Waals surface area contributed by atoms with E-state index in [1.54, 1.807) is 0 Å². The Bertz CT molecular complexity index is 1230. The lowest BCUT2D eigenvalue weighted by molar-refractivity contribution is 0.0429. The molecule has 9 nitrogen and oxygen atoms in total. The molecule has 3 aromatic rings. The molecule has 0 saturated carbocycles. The maximum absolute atomic E-state index is 13.0. The molecule has 1 aliphatic rings. The minimum Gasteiger partial charge on any atom is -0.452 e. The third-order valence-corrected chi connectivity index (χ3v) is 7.33. The Labute approximate surface area is 193 Å². The number of ether oxygens (including phenoxy) is 2. The minimum absolute atomic E-state index is 0.0450. The number of hydrogen-bond acceptors (Lipinski definition) is 8. The van der Waals surface area contributed by atoms with Crippen LogP contribution >= 0.6 is 23.2 Å². The molecule has 1 aliphatic heterocycles. The van der Waals surface area contributed by atoms with Crippen LogP contribution in [0.5, 0.6) is 0 Å². The van der Waals surface area contributed by atoms with Crippen LogP contribution in [-0.2, 0) is 26.1 Å². The van der Waals surface area contributed by atoms with Crippen molar-refractivity contribution in [2.45, 2.75) is 11.5 Å². The number of rotatable bonds is 6. The van der Waals surface area contributed by atoms with E-state index in [1.807, 2.05) is 30.3 Å². The fraction of sp³-hybridized carbons (Fsp3) is 0.250. The Morgan fingerprint density at radius 1 is 1.09 bits per heavy atom. The molecule has 32 heavy (non-hydrogen) atoms. The lowest BCUT2D eigenvalue weighted by atomic mass is 10.2. The van der Waals surface area contributed by atoms with Gasteiger partial charge in [-0.05, 0) is 12.1 Å². The van der Waals surface area contributed by atoms with E-state index in [-0.39, 0.29) is 59.3 Å². The molecule has 4 rings (SSSR count). The normalized spacial score (nSPS) is 14.9. The van der Waals surface area contributed by atoms with E-state index >= 15 is 0 Å². The first-order valence-corrected chi connectivity index (χ1v) is 11.7. The molecular weight excluding hydrogens is 481 g/mol. The van der Waals surface area contributed by atoms with Crippen molar-refractivity contribution in [2.24, 2.45) is 0 Å². The zero-order chi connectivity index (χ0) is 22.7. The molecule has 12 heteroatoms. The topological polar surface area (TPSA) is 112 Å². The Kier molecular flexibility index (Phi) is 6.77. The zero-order valence-corrected chi connectivity index (χ0v) is 18.9. The molecule has 0 radical (unpaired) electrons. The molecule has 1 aromatic heterocycles. The molecule has 0 unspecified atom stereocenters. The highest BCUT2D eigenvalue weighted by Gasteiger charge is 2.30. The van der Waals surface area contributed by atoms with Gasteiger partial charge in [-0.15, -0.1) is 0 Å². The first kappa shape index (κ1) is 22.7. The average molecular weight is 498 g/mol. The van der Waals surface area contributed by atoms with Crippen molar-refractivity contribution >= 4 is 39.2 Å². The lowest BCUT2D eigenvalue weighted by Gasteiger charge is -2.26. The van der Waals surface area contributed by atoms with E-state index in [4.69, 9.17) is 37.2 Å². The number of hydrogen-bond donors (Lipinski definition) is 0. The van der Waals surface area contributed by atoms with Crippen molar-refractivity contribution in [2.75, 3.05) is 26.3 Å². The highest BCUT2D eigenvalue weighted by Crippen LogP contribution is 2.31. The molecule has 0 bridgehead atoms. The van der Waals surface area contributed by atoms with Gasteiger partial charge in [0.05, 0.1) is 28.8 Å². The predicted molar refractivity (Wildman–Crippen MR) is 115 cm³/mol. The molecule has 0 amide bonds. The van der Waals surface area contributed by atoms with Gasteiger partial charge in [0.15, 0.2) is 6.61 Å². The summed E-state index contributed by atoms with van der Waals surface area (Å²) in [6, 6.07) is 11.5. The zero-order valence-electron chi connectivity index (χ0n) is 16.5. The quantitative estimate of drug-likeness (QED) is 0.476. The van der Waals surface area contributed by atoms with Crippen LogP contribution in [-0.4, -0.2) is 55.1 Å². The Balaban J connectivity index is 1.51. The summed E-state index contributed by atoms with van der Waals surface area (Å²) in [5.74, 6) is -0.437. The van der Waals surface area contributed by atoms with Gasteiger partial charge in [0.2, 0.25) is 15.8 Å². The number of morpholine rings is 1. The molecule has 0 atom stereocenters. The molecule has 0 spiro atoms. The third-order valence-electron chi connectivity index (χ3n) is 4.66. The van der Waals surface area contributed by atoms with Gasteiger partial charge in [0.1, 0.15) is 4.90 Å². The summed E-state index contributed by atoms with van der Waals surface area (Å²) in [4.78, 5) is 16.6. The van der Waals surface area contributed by atoms with E-state index < -0.39 is 16.0 Å². The van der Waals surface area contributed by atoms with Gasteiger partial charge in [0, 0.05) is 18.7 Å². The summed E-state index contributed by atoms with van der Waals surface area (Å²) < 4.78 is 42.7. The second-order valence-electron chi connectivity index (χ2n) is 6.73. The van der Waals surface area contributed by atoms with Crippen LogP contribution in [0.3, 0.4) is 0 Å². The van der Waals surface area contributed by atoms with Crippen LogP contribution in [0.1, 0.15) is 16.2 Å². The summed E-state index contributed by atoms with van der Waals surface area (Å²) in [6.07, 6.45) is 0. The molecule has 2 aromatic carbocycles. The highest BCUT2D eigenvalue weighted by atomic mass is 35.5. The molecule has 0 N–H and O–H groups in total. The summed E-state index contributed by atoms with van der Waals surface area (Å²) in [5.41, 5.74) is 0.596. The Morgan fingerprint density at radius 2 is 1.81 bits per heavy atom. The second kappa shape index (κ2) is 9.55. The summed E-state index contributed by atoms with van der Waals surface area (Å²) in [6.45, 7) is 0.593. The van der Waals surface area contributed by atoms with Gasteiger partial charge in [0.25, 0.3) is 5.89 Å². The van der Waals surface area contributed by atoms with Crippen LogP contribution in [0.2, 0.25) is 10.0 Å². The predicted octanol–water partition coefficient (Wildman–Crippen LogP) is 3.42. The minimum atomic E-state index is -3.95. The van der Waals surface area contributed by atoms with Crippen LogP contribution in [0.4, 0.5) is 0 Å². The maximum Gasteiger partial charge on any atom is 0.340 e. The van der Waals surface area contributed by atoms with E-state index in [2.05, 4.69) is 10.1 Å². The van der Waals surface area contributed by atoms with Crippen LogP contribution in [0.15, 0.2) is 51.9 Å². The average Bonchev–Trinajstić information content (AvgIpc) is 3.28. The number of sulfonamides is 1. The van der Waals surface area contributed by atoms with Gasteiger partial charge in [-0.2, -0.15) is 9.29 Å². The number of carbonyl (C=O) groups excluding carboxylic acids is 1. The largest absolute Gasteiger partial charge is 0.452 e. The van der Waals surface area contributed by atoms with Crippen molar-refractivity contribution in [3.8, 4) is 11.4 Å². The number of carbonyl (C=O) groups is 1. The van der Waals surface area contributed by atoms with E-state index in [0.29, 0.717) is 5.82 Å². The Morgan fingerprint density at radius 3 is 2.53 bits per heavy atom. The summed E-state index contributed by atoms with van der Waals surface area (Å²) in [5, 5.41) is 3.71. The van der Waals surface area contributed by atoms with Gasteiger partial charge < -0.3 is 14.0 Å². The van der Waals surface area contributed by atoms with Crippen molar-refractivity contribution in [3.63, 3.8) is 0 Å². The SMILES string of the molecule is O=C(OCc1nc(-c2ccccc2)no1)c1cc(S(=O)(=O)N2CCOCC2)c(Cl)cc1Cl. The van der Waals surface area contributed by atoms with Crippen LogP contribution < -0.4 is 0 Å². The van der Waals surface area contributed by atoms with Crippen molar-refractivity contribution in [3.05, 3.63) is 64.0 Å². The fourth-order valence-electron chi connectivity index (χ4n) is 3.03. The van der Waals surface area contributed by atoms with Gasteiger partial charge >= 0.3 is 5.97 Å².